The molecular weight excluding hydrogens is 231 g/mol. The number of nitrogen functional groups attached to an aromatic ring is 1. The van der Waals surface area contributed by atoms with Crippen LogP contribution < -0.4 is 5.73 Å². The first-order chi connectivity index (χ1) is 8.50. The molecule has 1 aliphatic rings. The summed E-state index contributed by atoms with van der Waals surface area (Å²) < 4.78 is 13.2. The van der Waals surface area contributed by atoms with Gasteiger partial charge in [-0.25, -0.2) is 4.39 Å². The van der Waals surface area contributed by atoms with Crippen molar-refractivity contribution in [2.75, 3.05) is 5.73 Å². The maximum atomic E-state index is 13.2. The Bertz CT molecular complexity index is 451. The molecule has 1 heterocycles. The average Bonchev–Trinajstić information content (AvgIpc) is 2.32. The number of carbonyl (C=O) groups excluding carboxylic acids is 1. The van der Waals surface area contributed by atoms with Gasteiger partial charge in [-0.05, 0) is 51.3 Å². The largest absolute Gasteiger partial charge is 0.398 e. The van der Waals surface area contributed by atoms with Gasteiger partial charge < -0.3 is 10.6 Å². The quantitative estimate of drug-likeness (QED) is 0.779. The molecule has 0 aliphatic carbocycles. The Hall–Kier alpha value is -1.58. The van der Waals surface area contributed by atoms with E-state index in [-0.39, 0.29) is 23.6 Å². The maximum absolute atomic E-state index is 13.2. The zero-order valence-corrected chi connectivity index (χ0v) is 10.8. The summed E-state index contributed by atoms with van der Waals surface area (Å²) >= 11 is 0. The molecule has 2 N–H and O–H groups in total. The fourth-order valence-corrected chi connectivity index (χ4v) is 2.67. The van der Waals surface area contributed by atoms with Crippen molar-refractivity contribution in [3.05, 3.63) is 29.6 Å². The molecule has 0 spiro atoms. The molecule has 3 nitrogen and oxygen atoms in total. The summed E-state index contributed by atoms with van der Waals surface area (Å²) in [4.78, 5) is 14.3. The second-order valence-electron chi connectivity index (χ2n) is 5.07. The zero-order valence-electron chi connectivity index (χ0n) is 10.8. The number of nitrogens with zero attached hydrogens (tertiary/aromatic N) is 1. The van der Waals surface area contributed by atoms with E-state index in [4.69, 9.17) is 5.73 Å². The highest BCUT2D eigenvalue weighted by Gasteiger charge is 2.30. The van der Waals surface area contributed by atoms with Crippen molar-refractivity contribution in [1.82, 2.24) is 4.90 Å². The molecule has 0 aromatic heterocycles. The third-order valence-corrected chi connectivity index (χ3v) is 3.67. The monoisotopic (exact) mass is 250 g/mol. The van der Waals surface area contributed by atoms with Crippen molar-refractivity contribution in [2.45, 2.75) is 45.2 Å². The van der Waals surface area contributed by atoms with Crippen molar-refractivity contribution in [1.29, 1.82) is 0 Å². The van der Waals surface area contributed by atoms with Gasteiger partial charge in [0.15, 0.2) is 0 Å². The molecule has 2 unspecified atom stereocenters. The summed E-state index contributed by atoms with van der Waals surface area (Å²) in [5, 5.41) is 0. The van der Waals surface area contributed by atoms with Gasteiger partial charge in [0.2, 0.25) is 0 Å². The summed E-state index contributed by atoms with van der Waals surface area (Å²) in [6, 6.07) is 4.32. The maximum Gasteiger partial charge on any atom is 0.256 e. The first kappa shape index (κ1) is 12.9. The van der Waals surface area contributed by atoms with E-state index in [1.165, 1.54) is 18.2 Å². The number of halogens is 1. The topological polar surface area (TPSA) is 46.3 Å². The Kier molecular flexibility index (Phi) is 3.55. The molecule has 2 rings (SSSR count). The van der Waals surface area contributed by atoms with Gasteiger partial charge in [-0.2, -0.15) is 0 Å². The lowest BCUT2D eigenvalue weighted by atomic mass is 9.96. The number of carbonyl (C=O) groups is 1. The molecule has 0 saturated carbocycles. The summed E-state index contributed by atoms with van der Waals surface area (Å²) in [6.45, 7) is 4.06. The Balaban J connectivity index is 2.32. The lowest BCUT2D eigenvalue weighted by molar-refractivity contribution is 0.0511. The molecule has 0 bridgehead atoms. The third kappa shape index (κ3) is 2.33. The van der Waals surface area contributed by atoms with Gasteiger partial charge in [0.1, 0.15) is 5.82 Å². The number of piperidine rings is 1. The van der Waals surface area contributed by atoms with E-state index < -0.39 is 5.82 Å². The standard InChI is InChI=1S/C14H19FN2O/c1-9-4-3-5-10(2)17(9)14(18)12-8-11(15)6-7-13(12)16/h6-10H,3-5,16H2,1-2H3. The molecule has 1 aromatic carbocycles. The second kappa shape index (κ2) is 4.96. The predicted octanol–water partition coefficient (Wildman–Crippen LogP) is 2.81. The van der Waals surface area contributed by atoms with Crippen LogP contribution in [-0.2, 0) is 0 Å². The van der Waals surface area contributed by atoms with Crippen molar-refractivity contribution in [3.8, 4) is 0 Å². The zero-order chi connectivity index (χ0) is 13.3. The van der Waals surface area contributed by atoms with Gasteiger partial charge in [-0.1, -0.05) is 0 Å². The molecule has 2 atom stereocenters. The number of hydrogen-bond donors (Lipinski definition) is 1. The molecule has 98 valence electrons. The van der Waals surface area contributed by atoms with Crippen LogP contribution >= 0.6 is 0 Å². The van der Waals surface area contributed by atoms with Crippen LogP contribution in [0.5, 0.6) is 0 Å². The van der Waals surface area contributed by atoms with Gasteiger partial charge in [-0.15, -0.1) is 0 Å². The van der Waals surface area contributed by atoms with Crippen molar-refractivity contribution in [2.24, 2.45) is 0 Å². The number of benzene rings is 1. The van der Waals surface area contributed by atoms with Crippen LogP contribution in [0.3, 0.4) is 0 Å². The Labute approximate surface area is 107 Å². The highest BCUT2D eigenvalue weighted by atomic mass is 19.1. The molecular formula is C14H19FN2O. The number of rotatable bonds is 1. The lowest BCUT2D eigenvalue weighted by Gasteiger charge is -2.39. The van der Waals surface area contributed by atoms with E-state index in [0.29, 0.717) is 5.69 Å². The summed E-state index contributed by atoms with van der Waals surface area (Å²) in [6.07, 6.45) is 3.11. The third-order valence-electron chi connectivity index (χ3n) is 3.67. The SMILES string of the molecule is CC1CCCC(C)N1C(=O)c1cc(F)ccc1N. The molecule has 1 aromatic rings. The van der Waals surface area contributed by atoms with E-state index in [1.807, 2.05) is 18.7 Å². The summed E-state index contributed by atoms with van der Waals surface area (Å²) in [7, 11) is 0. The summed E-state index contributed by atoms with van der Waals surface area (Å²) in [5.74, 6) is -0.587. The first-order valence-electron chi connectivity index (χ1n) is 6.38. The Morgan fingerprint density at radius 1 is 1.33 bits per heavy atom. The molecule has 1 amide bonds. The Morgan fingerprint density at radius 2 is 1.94 bits per heavy atom. The van der Waals surface area contributed by atoms with E-state index in [2.05, 4.69) is 0 Å². The van der Waals surface area contributed by atoms with Crippen molar-refractivity contribution < 1.29 is 9.18 Å². The van der Waals surface area contributed by atoms with E-state index in [0.717, 1.165) is 19.3 Å². The van der Waals surface area contributed by atoms with Crippen molar-refractivity contribution >= 4 is 11.6 Å². The number of likely N-dealkylation sites (tertiary alicyclic amines) is 1. The van der Waals surface area contributed by atoms with Gasteiger partial charge in [-0.3, -0.25) is 4.79 Å². The fraction of sp³-hybridized carbons (Fsp3) is 0.500. The van der Waals surface area contributed by atoms with Gasteiger partial charge in [0.25, 0.3) is 5.91 Å². The molecule has 1 saturated heterocycles. The number of anilines is 1. The first-order valence-corrected chi connectivity index (χ1v) is 6.38. The molecule has 0 radical (unpaired) electrons. The fourth-order valence-electron chi connectivity index (χ4n) is 2.67. The Morgan fingerprint density at radius 3 is 2.56 bits per heavy atom. The van der Waals surface area contributed by atoms with Crippen LogP contribution in [0.2, 0.25) is 0 Å². The van der Waals surface area contributed by atoms with Gasteiger partial charge >= 0.3 is 0 Å². The second-order valence-corrected chi connectivity index (χ2v) is 5.07. The lowest BCUT2D eigenvalue weighted by Crippen LogP contribution is -2.47. The molecule has 1 fully saturated rings. The van der Waals surface area contributed by atoms with Crippen LogP contribution in [0.4, 0.5) is 10.1 Å². The minimum Gasteiger partial charge on any atom is -0.398 e. The van der Waals surface area contributed by atoms with Crippen molar-refractivity contribution in [3.63, 3.8) is 0 Å². The minimum atomic E-state index is -0.426. The molecule has 4 heteroatoms. The summed E-state index contributed by atoms with van der Waals surface area (Å²) in [5.41, 5.74) is 6.39. The smallest absolute Gasteiger partial charge is 0.256 e. The van der Waals surface area contributed by atoms with Crippen LogP contribution in [0.25, 0.3) is 0 Å². The van der Waals surface area contributed by atoms with Crippen LogP contribution in [0, 0.1) is 5.82 Å². The highest BCUT2D eigenvalue weighted by molar-refractivity contribution is 5.99. The van der Waals surface area contributed by atoms with Crippen LogP contribution in [0.1, 0.15) is 43.5 Å². The number of nitrogens with two attached hydrogens (primary N) is 1. The number of amides is 1. The molecule has 1 aliphatic heterocycles. The normalized spacial score (nSPS) is 24.1. The van der Waals surface area contributed by atoms with Gasteiger partial charge in [0, 0.05) is 17.8 Å². The van der Waals surface area contributed by atoms with E-state index in [9.17, 15) is 9.18 Å². The minimum absolute atomic E-state index is 0.160. The van der Waals surface area contributed by atoms with Crippen LogP contribution in [0.15, 0.2) is 18.2 Å². The van der Waals surface area contributed by atoms with E-state index in [1.54, 1.807) is 0 Å². The molecule has 18 heavy (non-hydrogen) atoms. The average molecular weight is 250 g/mol. The number of hydrogen-bond acceptors (Lipinski definition) is 2. The van der Waals surface area contributed by atoms with Gasteiger partial charge in [0.05, 0.1) is 5.56 Å². The highest BCUT2D eigenvalue weighted by Crippen LogP contribution is 2.26. The van der Waals surface area contributed by atoms with Crippen LogP contribution in [-0.4, -0.2) is 22.9 Å². The predicted molar refractivity (Wildman–Crippen MR) is 69.8 cm³/mol. The van der Waals surface area contributed by atoms with E-state index >= 15 is 0 Å².